The lowest BCUT2D eigenvalue weighted by molar-refractivity contribution is 0.0323. The van der Waals surface area contributed by atoms with E-state index in [1.807, 2.05) is 6.07 Å². The van der Waals surface area contributed by atoms with Gasteiger partial charge in [-0.2, -0.15) is 0 Å². The van der Waals surface area contributed by atoms with Gasteiger partial charge in [0.1, 0.15) is 6.61 Å². The van der Waals surface area contributed by atoms with Crippen LogP contribution in [0.1, 0.15) is 12.0 Å². The summed E-state index contributed by atoms with van der Waals surface area (Å²) in [6.07, 6.45) is 2.59. The summed E-state index contributed by atoms with van der Waals surface area (Å²) in [6.45, 7) is 5.30. The third kappa shape index (κ3) is 5.29. The lowest BCUT2D eigenvalue weighted by Gasteiger charge is -2.26. The van der Waals surface area contributed by atoms with Crippen molar-refractivity contribution in [2.75, 3.05) is 39.5 Å². The van der Waals surface area contributed by atoms with E-state index in [1.165, 1.54) is 0 Å². The van der Waals surface area contributed by atoms with Crippen LogP contribution < -0.4 is 0 Å². The standard InChI is InChI=1S/C14H18Cl2N2O2/c15-13-3-2-12(10-14(13)16)11-17-20-7-1-4-18-5-8-19-9-6-18/h2-3,10-11H,1,4-9H2. The molecule has 1 fully saturated rings. The van der Waals surface area contributed by atoms with Crippen molar-refractivity contribution in [1.29, 1.82) is 0 Å². The van der Waals surface area contributed by atoms with Crippen molar-refractivity contribution >= 4 is 29.4 Å². The maximum Gasteiger partial charge on any atom is 0.118 e. The van der Waals surface area contributed by atoms with Gasteiger partial charge in [0, 0.05) is 19.6 Å². The molecule has 1 aromatic rings. The zero-order valence-corrected chi connectivity index (χ0v) is 12.7. The molecule has 6 heteroatoms. The predicted octanol–water partition coefficient (Wildman–Crippen LogP) is 3.07. The van der Waals surface area contributed by atoms with Gasteiger partial charge in [-0.25, -0.2) is 0 Å². The summed E-state index contributed by atoms with van der Waals surface area (Å²) >= 11 is 11.7. The lowest BCUT2D eigenvalue weighted by Crippen LogP contribution is -2.37. The van der Waals surface area contributed by atoms with Crippen molar-refractivity contribution in [3.8, 4) is 0 Å². The average Bonchev–Trinajstić information content (AvgIpc) is 2.47. The van der Waals surface area contributed by atoms with E-state index < -0.39 is 0 Å². The molecule has 1 aliphatic heterocycles. The topological polar surface area (TPSA) is 34.1 Å². The van der Waals surface area contributed by atoms with Gasteiger partial charge >= 0.3 is 0 Å². The molecule has 1 heterocycles. The molecule has 110 valence electrons. The molecule has 0 amide bonds. The summed E-state index contributed by atoms with van der Waals surface area (Å²) in [7, 11) is 0. The summed E-state index contributed by atoms with van der Waals surface area (Å²) in [5.74, 6) is 0. The van der Waals surface area contributed by atoms with Crippen molar-refractivity contribution in [2.24, 2.45) is 5.16 Å². The van der Waals surface area contributed by atoms with Gasteiger partial charge in [-0.1, -0.05) is 34.4 Å². The maximum absolute atomic E-state index is 5.91. The maximum atomic E-state index is 5.91. The van der Waals surface area contributed by atoms with Crippen LogP contribution in [0.25, 0.3) is 0 Å². The molecule has 0 radical (unpaired) electrons. The molecule has 0 bridgehead atoms. The molecule has 1 saturated heterocycles. The van der Waals surface area contributed by atoms with Gasteiger partial charge in [-0.05, 0) is 24.1 Å². The Morgan fingerprint density at radius 2 is 2.05 bits per heavy atom. The van der Waals surface area contributed by atoms with Crippen LogP contribution in [0.5, 0.6) is 0 Å². The van der Waals surface area contributed by atoms with Gasteiger partial charge in [0.05, 0.1) is 29.5 Å². The second-order valence-electron chi connectivity index (χ2n) is 4.55. The van der Waals surface area contributed by atoms with Crippen LogP contribution in [0.4, 0.5) is 0 Å². The molecule has 0 aromatic heterocycles. The molecule has 0 atom stereocenters. The van der Waals surface area contributed by atoms with Crippen molar-refractivity contribution < 1.29 is 9.57 Å². The molecule has 0 saturated carbocycles. The first-order chi connectivity index (χ1) is 9.75. The Bertz CT molecular complexity index is 449. The number of nitrogens with zero attached hydrogens (tertiary/aromatic N) is 2. The normalized spacial score (nSPS) is 16.7. The largest absolute Gasteiger partial charge is 0.396 e. The predicted molar refractivity (Wildman–Crippen MR) is 81.9 cm³/mol. The minimum atomic E-state index is 0.517. The molecular formula is C14H18Cl2N2O2. The first kappa shape index (κ1) is 15.6. The molecule has 0 unspecified atom stereocenters. The molecule has 0 spiro atoms. The summed E-state index contributed by atoms with van der Waals surface area (Å²) in [5.41, 5.74) is 0.868. The Morgan fingerprint density at radius 3 is 2.80 bits per heavy atom. The summed E-state index contributed by atoms with van der Waals surface area (Å²) in [6, 6.07) is 5.34. The van der Waals surface area contributed by atoms with E-state index in [0.717, 1.165) is 44.8 Å². The fourth-order valence-corrected chi connectivity index (χ4v) is 2.23. The van der Waals surface area contributed by atoms with E-state index in [1.54, 1.807) is 18.3 Å². The average molecular weight is 317 g/mol. The Hall–Kier alpha value is -0.810. The van der Waals surface area contributed by atoms with Crippen molar-refractivity contribution in [3.63, 3.8) is 0 Å². The number of rotatable bonds is 6. The van der Waals surface area contributed by atoms with Crippen LogP contribution in [-0.2, 0) is 9.57 Å². The number of oxime groups is 1. The number of benzene rings is 1. The van der Waals surface area contributed by atoms with E-state index >= 15 is 0 Å². The second kappa shape index (κ2) is 8.47. The van der Waals surface area contributed by atoms with Gasteiger partial charge in [0.25, 0.3) is 0 Å². The van der Waals surface area contributed by atoms with Gasteiger partial charge < -0.3 is 9.57 Å². The zero-order valence-electron chi connectivity index (χ0n) is 11.2. The number of morpholine rings is 1. The van der Waals surface area contributed by atoms with Gasteiger partial charge in [-0.3, -0.25) is 4.90 Å². The first-order valence-electron chi connectivity index (χ1n) is 6.66. The SMILES string of the molecule is Clc1ccc(C=NOCCCN2CCOCC2)cc1Cl. The Balaban J connectivity index is 1.62. The fourth-order valence-electron chi connectivity index (χ4n) is 1.92. The Kier molecular flexibility index (Phi) is 6.60. The van der Waals surface area contributed by atoms with Crippen LogP contribution in [0.2, 0.25) is 10.0 Å². The monoisotopic (exact) mass is 316 g/mol. The van der Waals surface area contributed by atoms with Crippen molar-refractivity contribution in [3.05, 3.63) is 33.8 Å². The van der Waals surface area contributed by atoms with Gasteiger partial charge in [-0.15, -0.1) is 0 Å². The van der Waals surface area contributed by atoms with Crippen LogP contribution in [0, 0.1) is 0 Å². The second-order valence-corrected chi connectivity index (χ2v) is 5.36. The minimum Gasteiger partial charge on any atom is -0.396 e. The van der Waals surface area contributed by atoms with Crippen LogP contribution in [-0.4, -0.2) is 50.6 Å². The highest BCUT2D eigenvalue weighted by Gasteiger charge is 2.08. The minimum absolute atomic E-state index is 0.517. The third-order valence-corrected chi connectivity index (χ3v) is 3.77. The van der Waals surface area contributed by atoms with E-state index in [0.29, 0.717) is 16.7 Å². The van der Waals surface area contributed by atoms with Crippen LogP contribution in [0.15, 0.2) is 23.4 Å². The molecule has 0 aliphatic carbocycles. The molecule has 4 nitrogen and oxygen atoms in total. The molecule has 0 N–H and O–H groups in total. The first-order valence-corrected chi connectivity index (χ1v) is 7.42. The Labute approximate surface area is 129 Å². The summed E-state index contributed by atoms with van der Waals surface area (Å²) < 4.78 is 5.29. The fraction of sp³-hybridized carbons (Fsp3) is 0.500. The Morgan fingerprint density at radius 1 is 1.25 bits per heavy atom. The van der Waals surface area contributed by atoms with Crippen molar-refractivity contribution in [2.45, 2.75) is 6.42 Å². The van der Waals surface area contributed by atoms with Crippen LogP contribution >= 0.6 is 23.2 Å². The highest BCUT2D eigenvalue weighted by Crippen LogP contribution is 2.21. The molecule has 20 heavy (non-hydrogen) atoms. The highest BCUT2D eigenvalue weighted by atomic mass is 35.5. The van der Waals surface area contributed by atoms with E-state index in [-0.39, 0.29) is 0 Å². The van der Waals surface area contributed by atoms with E-state index in [9.17, 15) is 0 Å². The van der Waals surface area contributed by atoms with E-state index in [2.05, 4.69) is 10.1 Å². The molecular weight excluding hydrogens is 299 g/mol. The third-order valence-electron chi connectivity index (χ3n) is 3.03. The quantitative estimate of drug-likeness (QED) is 0.459. The summed E-state index contributed by atoms with van der Waals surface area (Å²) in [5, 5.41) is 4.98. The molecule has 1 aliphatic rings. The molecule has 1 aromatic carbocycles. The summed E-state index contributed by atoms with van der Waals surface area (Å²) in [4.78, 5) is 7.60. The van der Waals surface area contributed by atoms with E-state index in [4.69, 9.17) is 32.8 Å². The van der Waals surface area contributed by atoms with Crippen LogP contribution in [0.3, 0.4) is 0 Å². The lowest BCUT2D eigenvalue weighted by atomic mass is 10.2. The number of ether oxygens (including phenoxy) is 1. The van der Waals surface area contributed by atoms with Gasteiger partial charge in [0.15, 0.2) is 0 Å². The number of halogens is 2. The highest BCUT2D eigenvalue weighted by molar-refractivity contribution is 6.42. The molecule has 2 rings (SSSR count). The van der Waals surface area contributed by atoms with Crippen molar-refractivity contribution in [1.82, 2.24) is 4.90 Å². The smallest absolute Gasteiger partial charge is 0.118 e. The number of hydrogen-bond donors (Lipinski definition) is 0. The zero-order chi connectivity index (χ0) is 14.2. The van der Waals surface area contributed by atoms with Gasteiger partial charge in [0.2, 0.25) is 0 Å². The number of hydrogen-bond acceptors (Lipinski definition) is 4.